The van der Waals surface area contributed by atoms with Crippen LogP contribution in [0.4, 0.5) is 5.69 Å². The lowest BCUT2D eigenvalue weighted by atomic mass is 10.1. The lowest BCUT2D eigenvalue weighted by Crippen LogP contribution is -2.26. The smallest absolute Gasteiger partial charge is 0.268 e. The summed E-state index contributed by atoms with van der Waals surface area (Å²) in [5.41, 5.74) is 11.2. The summed E-state index contributed by atoms with van der Waals surface area (Å²) in [4.78, 5) is 15.8. The number of anilines is 1. The minimum atomic E-state index is -0.155. The third-order valence-corrected chi connectivity index (χ3v) is 6.06. The van der Waals surface area contributed by atoms with Crippen molar-refractivity contribution in [2.45, 2.75) is 13.1 Å². The Morgan fingerprint density at radius 3 is 2.56 bits per heavy atom. The van der Waals surface area contributed by atoms with Crippen LogP contribution in [0.1, 0.15) is 27.2 Å². The number of carbonyl (C=O) groups excluding carboxylic acids is 1. The predicted molar refractivity (Wildman–Crippen MR) is 142 cm³/mol. The summed E-state index contributed by atoms with van der Waals surface area (Å²) in [6.45, 7) is 0.910. The lowest BCUT2D eigenvalue weighted by Gasteiger charge is -2.18. The molecule has 1 amide bonds. The van der Waals surface area contributed by atoms with Crippen LogP contribution in [0.5, 0.6) is 5.75 Å². The van der Waals surface area contributed by atoms with Gasteiger partial charge in [0.05, 0.1) is 12.6 Å². The SMILES string of the molecule is COc1cccc2c1cc(C(=O)NCc1ccccc1N(C)C)n2Cc1cccc(C(N)=S)c1. The molecule has 0 saturated heterocycles. The number of fused-ring (bicyclic) bond motifs is 1. The quantitative estimate of drug-likeness (QED) is 0.374. The molecule has 4 rings (SSSR count). The number of hydrogen-bond acceptors (Lipinski definition) is 4. The van der Waals surface area contributed by atoms with Crippen LogP contribution in [0.15, 0.2) is 72.8 Å². The molecule has 6 nitrogen and oxygen atoms in total. The normalized spacial score (nSPS) is 10.8. The molecule has 1 heterocycles. The summed E-state index contributed by atoms with van der Waals surface area (Å²) in [7, 11) is 5.62. The van der Waals surface area contributed by atoms with E-state index in [9.17, 15) is 4.79 Å². The van der Waals surface area contributed by atoms with Crippen molar-refractivity contribution in [3.8, 4) is 5.75 Å². The van der Waals surface area contributed by atoms with Crippen LogP contribution < -0.4 is 20.7 Å². The molecule has 0 aliphatic rings. The first-order valence-corrected chi connectivity index (χ1v) is 11.4. The second kappa shape index (κ2) is 9.97. The first-order valence-electron chi connectivity index (χ1n) is 11.0. The fourth-order valence-electron chi connectivity index (χ4n) is 4.16. The molecule has 0 bridgehead atoms. The molecule has 0 unspecified atom stereocenters. The second-order valence-corrected chi connectivity index (χ2v) is 8.72. The molecule has 1 aromatic heterocycles. The van der Waals surface area contributed by atoms with E-state index in [1.807, 2.05) is 96.4 Å². The molecular formula is C27H28N4O2S. The molecular weight excluding hydrogens is 444 g/mol. The van der Waals surface area contributed by atoms with Crippen LogP contribution in [0.3, 0.4) is 0 Å². The van der Waals surface area contributed by atoms with E-state index >= 15 is 0 Å². The monoisotopic (exact) mass is 472 g/mol. The van der Waals surface area contributed by atoms with Crippen LogP contribution in [0.2, 0.25) is 0 Å². The Morgan fingerprint density at radius 1 is 1.06 bits per heavy atom. The number of aromatic nitrogens is 1. The Hall–Kier alpha value is -3.84. The summed E-state index contributed by atoms with van der Waals surface area (Å²) < 4.78 is 7.57. The van der Waals surface area contributed by atoms with E-state index in [0.717, 1.165) is 39.0 Å². The number of benzene rings is 3. The van der Waals surface area contributed by atoms with E-state index in [4.69, 9.17) is 22.7 Å². The molecule has 0 aliphatic heterocycles. The van der Waals surface area contributed by atoms with Crippen molar-refractivity contribution in [1.82, 2.24) is 9.88 Å². The number of carbonyl (C=O) groups is 1. The van der Waals surface area contributed by atoms with E-state index in [2.05, 4.69) is 5.32 Å². The van der Waals surface area contributed by atoms with E-state index in [-0.39, 0.29) is 5.91 Å². The number of amides is 1. The molecule has 0 aliphatic carbocycles. The van der Waals surface area contributed by atoms with Crippen molar-refractivity contribution in [2.24, 2.45) is 5.73 Å². The van der Waals surface area contributed by atoms with Gasteiger partial charge in [0.2, 0.25) is 0 Å². The largest absolute Gasteiger partial charge is 0.496 e. The molecule has 7 heteroatoms. The van der Waals surface area contributed by atoms with Gasteiger partial charge in [-0.05, 0) is 41.5 Å². The number of nitrogens with one attached hydrogen (secondary N) is 1. The molecule has 34 heavy (non-hydrogen) atoms. The van der Waals surface area contributed by atoms with Crippen molar-refractivity contribution in [3.05, 3.63) is 95.2 Å². The van der Waals surface area contributed by atoms with Crippen LogP contribution in [0, 0.1) is 0 Å². The highest BCUT2D eigenvalue weighted by molar-refractivity contribution is 7.80. The number of methoxy groups -OCH3 is 1. The van der Waals surface area contributed by atoms with Gasteiger partial charge in [0, 0.05) is 43.8 Å². The molecule has 0 fully saturated rings. The zero-order valence-electron chi connectivity index (χ0n) is 19.5. The van der Waals surface area contributed by atoms with Gasteiger partial charge in [-0.25, -0.2) is 0 Å². The number of ether oxygens (including phenoxy) is 1. The second-order valence-electron chi connectivity index (χ2n) is 8.28. The van der Waals surface area contributed by atoms with E-state index in [0.29, 0.717) is 23.8 Å². The van der Waals surface area contributed by atoms with Gasteiger partial charge >= 0.3 is 0 Å². The number of hydrogen-bond donors (Lipinski definition) is 2. The molecule has 0 saturated carbocycles. The van der Waals surface area contributed by atoms with Gasteiger partial charge in [-0.1, -0.05) is 54.7 Å². The fraction of sp³-hybridized carbons (Fsp3) is 0.185. The molecule has 3 aromatic carbocycles. The number of rotatable bonds is 8. The van der Waals surface area contributed by atoms with E-state index in [1.165, 1.54) is 0 Å². The molecule has 174 valence electrons. The fourth-order valence-corrected chi connectivity index (χ4v) is 4.29. The number of nitrogens with zero attached hydrogens (tertiary/aromatic N) is 2. The Morgan fingerprint density at radius 2 is 1.82 bits per heavy atom. The highest BCUT2D eigenvalue weighted by atomic mass is 32.1. The van der Waals surface area contributed by atoms with Gasteiger partial charge in [0.1, 0.15) is 16.4 Å². The first-order chi connectivity index (χ1) is 16.4. The highest BCUT2D eigenvalue weighted by Crippen LogP contribution is 2.30. The molecule has 0 atom stereocenters. The van der Waals surface area contributed by atoms with Crippen molar-refractivity contribution in [2.75, 3.05) is 26.1 Å². The van der Waals surface area contributed by atoms with Crippen LogP contribution in [-0.4, -0.2) is 36.7 Å². The van der Waals surface area contributed by atoms with Crippen LogP contribution in [-0.2, 0) is 13.1 Å². The summed E-state index contributed by atoms with van der Waals surface area (Å²) in [5.74, 6) is 0.567. The minimum Gasteiger partial charge on any atom is -0.496 e. The maximum Gasteiger partial charge on any atom is 0.268 e. The van der Waals surface area contributed by atoms with Crippen LogP contribution >= 0.6 is 12.2 Å². The van der Waals surface area contributed by atoms with Gasteiger partial charge in [-0.2, -0.15) is 0 Å². The first kappa shape index (κ1) is 23.3. The average molecular weight is 473 g/mol. The summed E-state index contributed by atoms with van der Waals surface area (Å²) in [6, 6.07) is 23.5. The minimum absolute atomic E-state index is 0.155. The van der Waals surface area contributed by atoms with Gasteiger partial charge in [-0.3, -0.25) is 4.79 Å². The van der Waals surface area contributed by atoms with E-state index in [1.54, 1.807) is 7.11 Å². The number of nitrogens with two attached hydrogens (primary N) is 1. The Labute approximate surface area is 204 Å². The van der Waals surface area contributed by atoms with Gasteiger partial charge < -0.3 is 25.3 Å². The maximum atomic E-state index is 13.4. The van der Waals surface area contributed by atoms with Gasteiger partial charge in [-0.15, -0.1) is 0 Å². The lowest BCUT2D eigenvalue weighted by molar-refractivity contribution is 0.0942. The van der Waals surface area contributed by atoms with Crippen molar-refractivity contribution in [1.29, 1.82) is 0 Å². The van der Waals surface area contributed by atoms with Crippen molar-refractivity contribution in [3.63, 3.8) is 0 Å². The topological polar surface area (TPSA) is 72.5 Å². The Balaban J connectivity index is 1.71. The molecule has 4 aromatic rings. The molecule has 0 radical (unpaired) electrons. The zero-order chi connectivity index (χ0) is 24.2. The third kappa shape index (κ3) is 4.75. The Kier molecular flexibility index (Phi) is 6.84. The third-order valence-electron chi connectivity index (χ3n) is 5.82. The summed E-state index contributed by atoms with van der Waals surface area (Å²) in [5, 5.41) is 3.98. The molecule has 3 N–H and O–H groups in total. The van der Waals surface area contributed by atoms with E-state index < -0.39 is 0 Å². The summed E-state index contributed by atoms with van der Waals surface area (Å²) in [6.07, 6.45) is 0. The van der Waals surface area contributed by atoms with Crippen molar-refractivity contribution >= 4 is 39.7 Å². The zero-order valence-corrected chi connectivity index (χ0v) is 20.4. The predicted octanol–water partition coefficient (Wildman–Crippen LogP) is 4.33. The van der Waals surface area contributed by atoms with Gasteiger partial charge in [0.25, 0.3) is 5.91 Å². The van der Waals surface area contributed by atoms with Crippen LogP contribution in [0.25, 0.3) is 10.9 Å². The maximum absolute atomic E-state index is 13.4. The van der Waals surface area contributed by atoms with Gasteiger partial charge in [0.15, 0.2) is 0 Å². The highest BCUT2D eigenvalue weighted by Gasteiger charge is 2.19. The number of thiocarbonyl (C=S) groups is 1. The van der Waals surface area contributed by atoms with Crippen molar-refractivity contribution < 1.29 is 9.53 Å². The Bertz CT molecular complexity index is 1360. The summed E-state index contributed by atoms with van der Waals surface area (Å²) >= 11 is 5.14. The molecule has 0 spiro atoms. The average Bonchev–Trinajstić information content (AvgIpc) is 3.21. The standard InChI is InChI=1S/C27H28N4O2S/c1-30(2)22-11-5-4-9-20(22)16-29-27(32)24-15-21-23(12-7-13-25(21)33-3)31(24)17-18-8-6-10-19(14-18)26(28)34/h4-15H,16-17H2,1-3H3,(H2,28,34)(H,29,32). The number of para-hydroxylation sites is 1.